The molecule has 2 aromatic rings. The standard InChI is InChI=1S/C9H11F.C9H10N2O.3CH4.Y/c1-7(2)8-3-5-9(10)6-4-8;1-7(2)11-5-3-4-8(6-10)9(11)12;;;;/h3-7H,1-2H3;3-5,7H,1-2H3;3*1H4;. The second kappa shape index (κ2) is 15.9. The number of benzene rings is 1. The molecule has 0 atom stereocenters. The number of nitrogens with zero attached hydrogens (tertiary/aromatic N) is 2. The third-order valence-corrected chi connectivity index (χ3v) is 3.19. The molecule has 26 heavy (non-hydrogen) atoms. The van der Waals surface area contributed by atoms with Gasteiger partial charge >= 0.3 is 0 Å². The Labute approximate surface area is 184 Å². The van der Waals surface area contributed by atoms with Crippen LogP contribution in [0, 0.1) is 17.1 Å². The number of rotatable bonds is 2. The van der Waals surface area contributed by atoms with Crippen LogP contribution in [-0.2, 0) is 32.7 Å². The number of nitriles is 1. The van der Waals surface area contributed by atoms with Crippen LogP contribution >= 0.6 is 0 Å². The van der Waals surface area contributed by atoms with Gasteiger partial charge in [0.05, 0.1) is 0 Å². The molecule has 0 amide bonds. The minimum atomic E-state index is -0.213. The molecule has 5 heteroatoms. The van der Waals surface area contributed by atoms with E-state index in [0.717, 1.165) is 0 Å². The van der Waals surface area contributed by atoms with Gasteiger partial charge in [-0.25, -0.2) is 4.39 Å². The zero-order chi connectivity index (χ0) is 16.7. The van der Waals surface area contributed by atoms with E-state index >= 15 is 0 Å². The zero-order valence-electron chi connectivity index (χ0n) is 14.0. The van der Waals surface area contributed by atoms with Gasteiger partial charge in [-0.05, 0) is 49.6 Å². The fourth-order valence-corrected chi connectivity index (χ4v) is 1.85. The van der Waals surface area contributed by atoms with Crippen LogP contribution in [0.1, 0.15) is 73.1 Å². The van der Waals surface area contributed by atoms with Crippen LogP contribution in [0.4, 0.5) is 4.39 Å². The first-order valence-corrected chi connectivity index (χ1v) is 7.23. The first-order valence-electron chi connectivity index (χ1n) is 7.23. The summed E-state index contributed by atoms with van der Waals surface area (Å²) in [5.74, 6) is 0.324. The average molecular weight is 437 g/mol. The van der Waals surface area contributed by atoms with Crippen molar-refractivity contribution < 1.29 is 37.1 Å². The summed E-state index contributed by atoms with van der Waals surface area (Å²) in [7, 11) is 0. The van der Waals surface area contributed by atoms with Gasteiger partial charge in [-0.15, -0.1) is 0 Å². The summed E-state index contributed by atoms with van der Waals surface area (Å²) in [6, 6.07) is 11.8. The molecule has 0 saturated carbocycles. The maximum Gasteiger partial charge on any atom is 0.268 e. The molecule has 0 unspecified atom stereocenters. The molecular weight excluding hydrogens is 404 g/mol. The maximum absolute atomic E-state index is 12.4. The third-order valence-electron chi connectivity index (χ3n) is 3.19. The first kappa shape index (κ1) is 32.4. The molecule has 0 bridgehead atoms. The van der Waals surface area contributed by atoms with Gasteiger partial charge in [0.15, 0.2) is 0 Å². The summed E-state index contributed by atoms with van der Waals surface area (Å²) in [5, 5.41) is 8.56. The largest absolute Gasteiger partial charge is 0.312 e. The van der Waals surface area contributed by atoms with E-state index in [1.165, 1.54) is 23.8 Å². The molecule has 0 aliphatic rings. The van der Waals surface area contributed by atoms with Crippen LogP contribution in [0.3, 0.4) is 0 Å². The fraction of sp³-hybridized carbons (Fsp3) is 0.429. The van der Waals surface area contributed by atoms with Crippen molar-refractivity contribution in [2.45, 2.75) is 61.9 Å². The average Bonchev–Trinajstić information content (AvgIpc) is 2.48. The van der Waals surface area contributed by atoms with Gasteiger partial charge in [0.2, 0.25) is 0 Å². The molecule has 1 heterocycles. The second-order valence-corrected chi connectivity index (χ2v) is 5.55. The molecule has 0 aliphatic carbocycles. The summed E-state index contributed by atoms with van der Waals surface area (Å²) < 4.78 is 13.9. The van der Waals surface area contributed by atoms with E-state index in [1.807, 2.05) is 32.0 Å². The third kappa shape index (κ3) is 9.99. The van der Waals surface area contributed by atoms with Gasteiger partial charge in [0.25, 0.3) is 5.56 Å². The Balaban J connectivity index is -0.000000163. The minimum Gasteiger partial charge on any atom is -0.312 e. The van der Waals surface area contributed by atoms with Crippen LogP contribution in [-0.4, -0.2) is 4.57 Å². The van der Waals surface area contributed by atoms with Gasteiger partial charge in [0.1, 0.15) is 17.4 Å². The Hall–Kier alpha value is -1.31. The molecule has 143 valence electrons. The normalized spacial score (nSPS) is 8.54. The van der Waals surface area contributed by atoms with Gasteiger partial charge in [-0.1, -0.05) is 48.3 Å². The van der Waals surface area contributed by atoms with Gasteiger partial charge < -0.3 is 4.57 Å². The van der Waals surface area contributed by atoms with Crippen LogP contribution in [0.15, 0.2) is 47.4 Å². The molecule has 1 radical (unpaired) electrons. The predicted molar refractivity (Wildman–Crippen MR) is 106 cm³/mol. The Morgan fingerprint density at radius 3 is 1.88 bits per heavy atom. The topological polar surface area (TPSA) is 45.8 Å². The van der Waals surface area contributed by atoms with Crippen molar-refractivity contribution in [3.05, 3.63) is 69.9 Å². The number of halogens is 1. The van der Waals surface area contributed by atoms with Gasteiger partial charge in [-0.3, -0.25) is 4.79 Å². The molecule has 3 nitrogen and oxygen atoms in total. The van der Waals surface area contributed by atoms with E-state index in [1.54, 1.807) is 16.8 Å². The molecule has 0 spiro atoms. The monoisotopic (exact) mass is 437 g/mol. The van der Waals surface area contributed by atoms with Crippen LogP contribution < -0.4 is 5.56 Å². The van der Waals surface area contributed by atoms with E-state index in [-0.39, 0.29) is 78.0 Å². The Bertz CT molecular complexity index is 701. The fourth-order valence-electron chi connectivity index (χ4n) is 1.85. The molecule has 0 N–H and O–H groups in total. The Kier molecular flexibility index (Phi) is 19.8. The summed E-state index contributed by atoms with van der Waals surface area (Å²) in [6.45, 7) is 7.99. The molecule has 1 aromatic heterocycles. The van der Waals surface area contributed by atoms with Crippen molar-refractivity contribution >= 4 is 0 Å². The predicted octanol–water partition coefficient (Wildman–Crippen LogP) is 6.16. The minimum absolute atomic E-state index is 0. The van der Waals surface area contributed by atoms with Crippen molar-refractivity contribution in [2.75, 3.05) is 0 Å². The molecule has 0 fully saturated rings. The summed E-state index contributed by atoms with van der Waals surface area (Å²) in [6.07, 6.45) is 1.69. The summed E-state index contributed by atoms with van der Waals surface area (Å²) in [5.41, 5.74) is 1.17. The van der Waals surface area contributed by atoms with Gasteiger partial charge in [0, 0.05) is 44.9 Å². The molecule has 1 aromatic carbocycles. The van der Waals surface area contributed by atoms with Crippen molar-refractivity contribution in [3.63, 3.8) is 0 Å². The van der Waals surface area contributed by atoms with E-state index in [4.69, 9.17) is 5.26 Å². The van der Waals surface area contributed by atoms with Gasteiger partial charge in [-0.2, -0.15) is 5.26 Å². The summed E-state index contributed by atoms with van der Waals surface area (Å²) in [4.78, 5) is 11.4. The summed E-state index contributed by atoms with van der Waals surface area (Å²) >= 11 is 0. The molecule has 0 saturated heterocycles. The smallest absolute Gasteiger partial charge is 0.268 e. The number of aromatic nitrogens is 1. The quantitative estimate of drug-likeness (QED) is 0.565. The SMILES string of the molecule is C.C.C.CC(C)c1ccc(F)cc1.CC(C)n1cccc(C#N)c1=O.[Y]. The Morgan fingerprint density at radius 1 is 1.00 bits per heavy atom. The molecule has 0 aliphatic heterocycles. The molecule has 2 rings (SSSR count). The van der Waals surface area contributed by atoms with E-state index in [0.29, 0.717) is 5.92 Å². The second-order valence-electron chi connectivity index (χ2n) is 5.55. The van der Waals surface area contributed by atoms with Crippen molar-refractivity contribution in [1.82, 2.24) is 4.57 Å². The number of hydrogen-bond donors (Lipinski definition) is 0. The molecular formula is C21H33FN2OY. The zero-order valence-corrected chi connectivity index (χ0v) is 16.8. The number of pyridine rings is 1. The Morgan fingerprint density at radius 2 is 1.50 bits per heavy atom. The van der Waals surface area contributed by atoms with Crippen molar-refractivity contribution in [3.8, 4) is 6.07 Å². The first-order chi connectivity index (χ1) is 10.4. The number of hydrogen-bond acceptors (Lipinski definition) is 2. The van der Waals surface area contributed by atoms with E-state index < -0.39 is 0 Å². The van der Waals surface area contributed by atoms with E-state index in [2.05, 4.69) is 13.8 Å². The van der Waals surface area contributed by atoms with Crippen molar-refractivity contribution in [2.24, 2.45) is 0 Å². The van der Waals surface area contributed by atoms with Crippen LogP contribution in [0.5, 0.6) is 0 Å². The van der Waals surface area contributed by atoms with E-state index in [9.17, 15) is 9.18 Å². The van der Waals surface area contributed by atoms with Crippen molar-refractivity contribution in [1.29, 1.82) is 5.26 Å². The van der Waals surface area contributed by atoms with Crippen LogP contribution in [0.25, 0.3) is 0 Å². The van der Waals surface area contributed by atoms with Crippen LogP contribution in [0.2, 0.25) is 0 Å². The maximum atomic E-state index is 12.4.